The lowest BCUT2D eigenvalue weighted by atomic mass is 10.2. The van der Waals surface area contributed by atoms with E-state index in [9.17, 15) is 9.18 Å². The van der Waals surface area contributed by atoms with E-state index in [2.05, 4.69) is 29.0 Å². The number of carbonyl (C=O) groups excluding carboxylic acids is 1. The normalized spacial score (nSPS) is 11.3. The zero-order valence-corrected chi connectivity index (χ0v) is 13.9. The summed E-state index contributed by atoms with van der Waals surface area (Å²) in [6, 6.07) is 2.96. The number of rotatable bonds is 9. The Morgan fingerprint density at radius 3 is 2.78 bits per heavy atom. The van der Waals surface area contributed by atoms with Crippen LogP contribution in [-0.2, 0) is 11.2 Å². The van der Waals surface area contributed by atoms with Gasteiger partial charge in [0.15, 0.2) is 0 Å². The number of aromatic nitrogens is 2. The summed E-state index contributed by atoms with van der Waals surface area (Å²) in [6.45, 7) is 8.20. The molecule has 1 N–H and O–H groups in total. The zero-order valence-electron chi connectivity index (χ0n) is 13.9. The average Bonchev–Trinajstić information content (AvgIpc) is 2.92. The third-order valence-electron chi connectivity index (χ3n) is 3.92. The highest BCUT2D eigenvalue weighted by Crippen LogP contribution is 2.07. The summed E-state index contributed by atoms with van der Waals surface area (Å²) >= 11 is 0. The van der Waals surface area contributed by atoms with Crippen molar-refractivity contribution in [2.75, 3.05) is 26.2 Å². The highest BCUT2D eigenvalue weighted by molar-refractivity contribution is 5.78. The van der Waals surface area contributed by atoms with Gasteiger partial charge in [-0.15, -0.1) is 0 Å². The molecular weight excluding hydrogens is 295 g/mol. The fourth-order valence-electron chi connectivity index (χ4n) is 2.56. The number of nitrogens with zero attached hydrogens (tertiary/aromatic N) is 3. The fourth-order valence-corrected chi connectivity index (χ4v) is 2.56. The summed E-state index contributed by atoms with van der Waals surface area (Å²) in [5.41, 5.74) is 1.30. The molecule has 126 valence electrons. The highest BCUT2D eigenvalue weighted by atomic mass is 19.1. The quantitative estimate of drug-likeness (QED) is 0.721. The van der Waals surface area contributed by atoms with E-state index in [4.69, 9.17) is 0 Å². The summed E-state index contributed by atoms with van der Waals surface area (Å²) in [7, 11) is 0. The number of hydrogen-bond acceptors (Lipinski definition) is 3. The number of fused-ring (bicyclic) bond motifs is 1. The molecule has 6 heteroatoms. The monoisotopic (exact) mass is 320 g/mol. The predicted octanol–water partition coefficient (Wildman–Crippen LogP) is 2.25. The molecule has 0 radical (unpaired) electrons. The second-order valence-corrected chi connectivity index (χ2v) is 5.61. The van der Waals surface area contributed by atoms with Crippen molar-refractivity contribution >= 4 is 11.6 Å². The molecule has 0 fully saturated rings. The molecular formula is C17H25FN4O. The van der Waals surface area contributed by atoms with Gasteiger partial charge in [-0.3, -0.25) is 4.79 Å². The second kappa shape index (κ2) is 8.62. The van der Waals surface area contributed by atoms with E-state index >= 15 is 0 Å². The number of hydrogen-bond donors (Lipinski definition) is 1. The molecule has 0 spiro atoms. The van der Waals surface area contributed by atoms with E-state index in [1.165, 1.54) is 12.3 Å². The minimum atomic E-state index is -0.320. The maximum absolute atomic E-state index is 13.1. The van der Waals surface area contributed by atoms with Crippen LogP contribution in [0.5, 0.6) is 0 Å². The first-order valence-electron chi connectivity index (χ1n) is 8.24. The summed E-state index contributed by atoms with van der Waals surface area (Å²) in [4.78, 5) is 18.6. The van der Waals surface area contributed by atoms with Crippen molar-refractivity contribution in [3.63, 3.8) is 0 Å². The first kappa shape index (κ1) is 17.4. The predicted molar refractivity (Wildman–Crippen MR) is 88.9 cm³/mol. The first-order chi connectivity index (χ1) is 11.1. The molecule has 0 aromatic carbocycles. The molecule has 1 amide bonds. The van der Waals surface area contributed by atoms with Crippen LogP contribution >= 0.6 is 0 Å². The van der Waals surface area contributed by atoms with Crippen molar-refractivity contribution in [3.05, 3.63) is 36.0 Å². The minimum Gasteiger partial charge on any atom is -0.356 e. The van der Waals surface area contributed by atoms with Gasteiger partial charge in [-0.25, -0.2) is 9.37 Å². The van der Waals surface area contributed by atoms with Crippen molar-refractivity contribution in [1.82, 2.24) is 19.6 Å². The number of nitrogens with one attached hydrogen (secondary N) is 1. The second-order valence-electron chi connectivity index (χ2n) is 5.61. The third-order valence-corrected chi connectivity index (χ3v) is 3.92. The van der Waals surface area contributed by atoms with Gasteiger partial charge in [-0.05, 0) is 44.6 Å². The number of pyridine rings is 1. The maximum Gasteiger partial charge on any atom is 0.226 e. The van der Waals surface area contributed by atoms with Gasteiger partial charge in [0.2, 0.25) is 5.91 Å². The molecule has 2 aromatic heterocycles. The molecule has 23 heavy (non-hydrogen) atoms. The third kappa shape index (κ3) is 5.32. The average molecular weight is 320 g/mol. The van der Waals surface area contributed by atoms with Gasteiger partial charge in [-0.2, -0.15) is 0 Å². The highest BCUT2D eigenvalue weighted by Gasteiger charge is 2.08. The molecule has 2 rings (SSSR count). The number of unbranched alkanes of at least 4 members (excludes halogenated alkanes) is 1. The number of halogens is 1. The minimum absolute atomic E-state index is 0.0447. The van der Waals surface area contributed by atoms with Crippen LogP contribution in [0.2, 0.25) is 0 Å². The summed E-state index contributed by atoms with van der Waals surface area (Å²) in [5, 5.41) is 2.92. The Bertz CT molecular complexity index is 637. The molecule has 0 aliphatic heterocycles. The molecule has 2 aromatic rings. The van der Waals surface area contributed by atoms with Crippen LogP contribution in [0.3, 0.4) is 0 Å². The summed E-state index contributed by atoms with van der Waals surface area (Å²) < 4.78 is 14.7. The summed E-state index contributed by atoms with van der Waals surface area (Å²) in [5.74, 6) is -0.365. The Kier molecular flexibility index (Phi) is 6.52. The lowest BCUT2D eigenvalue weighted by molar-refractivity contribution is -0.120. The number of carbonyl (C=O) groups is 1. The van der Waals surface area contributed by atoms with Crippen LogP contribution < -0.4 is 5.32 Å². The number of amides is 1. The molecule has 0 aliphatic carbocycles. The van der Waals surface area contributed by atoms with Gasteiger partial charge in [-0.1, -0.05) is 13.8 Å². The molecule has 0 saturated carbocycles. The van der Waals surface area contributed by atoms with E-state index in [-0.39, 0.29) is 18.1 Å². The van der Waals surface area contributed by atoms with Gasteiger partial charge >= 0.3 is 0 Å². The Balaban J connectivity index is 1.71. The van der Waals surface area contributed by atoms with Crippen molar-refractivity contribution in [1.29, 1.82) is 0 Å². The van der Waals surface area contributed by atoms with Gasteiger partial charge in [0.05, 0.1) is 12.1 Å². The Labute approximate surface area is 136 Å². The van der Waals surface area contributed by atoms with Crippen LogP contribution in [0.25, 0.3) is 5.65 Å². The van der Waals surface area contributed by atoms with E-state index in [1.807, 2.05) is 0 Å². The van der Waals surface area contributed by atoms with Crippen molar-refractivity contribution in [2.45, 2.75) is 33.1 Å². The van der Waals surface area contributed by atoms with Gasteiger partial charge in [0.25, 0.3) is 0 Å². The van der Waals surface area contributed by atoms with Crippen molar-refractivity contribution in [3.8, 4) is 0 Å². The summed E-state index contributed by atoms with van der Waals surface area (Å²) in [6.07, 6.45) is 5.32. The maximum atomic E-state index is 13.1. The van der Waals surface area contributed by atoms with Gasteiger partial charge < -0.3 is 14.6 Å². The van der Waals surface area contributed by atoms with Crippen LogP contribution in [0.1, 0.15) is 32.4 Å². The molecule has 5 nitrogen and oxygen atoms in total. The smallest absolute Gasteiger partial charge is 0.226 e. The SMILES string of the molecule is CCN(CC)CCCCNC(=O)Cc1cn2cc(F)ccc2n1. The Hall–Kier alpha value is -1.95. The molecule has 0 saturated heterocycles. The van der Waals surface area contributed by atoms with E-state index < -0.39 is 0 Å². The van der Waals surface area contributed by atoms with Crippen molar-refractivity contribution in [2.24, 2.45) is 0 Å². The van der Waals surface area contributed by atoms with E-state index in [1.54, 1.807) is 16.7 Å². The van der Waals surface area contributed by atoms with Crippen molar-refractivity contribution < 1.29 is 9.18 Å². The molecule has 0 aliphatic rings. The fraction of sp³-hybridized carbons (Fsp3) is 0.529. The van der Waals surface area contributed by atoms with Crippen LogP contribution in [-0.4, -0.2) is 46.4 Å². The van der Waals surface area contributed by atoms with Crippen LogP contribution in [0.15, 0.2) is 24.5 Å². The molecule has 0 unspecified atom stereocenters. The van der Waals surface area contributed by atoms with Crippen LogP contribution in [0.4, 0.5) is 4.39 Å². The lowest BCUT2D eigenvalue weighted by Crippen LogP contribution is -2.28. The number of imidazole rings is 1. The van der Waals surface area contributed by atoms with Gasteiger partial charge in [0, 0.05) is 18.9 Å². The Morgan fingerprint density at radius 1 is 1.26 bits per heavy atom. The molecule has 0 atom stereocenters. The largest absolute Gasteiger partial charge is 0.356 e. The Morgan fingerprint density at radius 2 is 2.04 bits per heavy atom. The standard InChI is InChI=1S/C17H25FN4O/c1-3-21(4-2)10-6-5-9-19-17(23)11-15-13-22-12-14(18)7-8-16(22)20-15/h7-8,12-13H,3-6,9-11H2,1-2H3,(H,19,23). The molecule has 0 bridgehead atoms. The topological polar surface area (TPSA) is 49.6 Å². The molecule has 2 heterocycles. The zero-order chi connectivity index (χ0) is 16.7. The first-order valence-corrected chi connectivity index (χ1v) is 8.24. The van der Waals surface area contributed by atoms with Gasteiger partial charge in [0.1, 0.15) is 11.5 Å². The van der Waals surface area contributed by atoms with E-state index in [0.29, 0.717) is 17.9 Å². The van der Waals surface area contributed by atoms with Crippen LogP contribution in [0, 0.1) is 5.82 Å². The van der Waals surface area contributed by atoms with E-state index in [0.717, 1.165) is 32.5 Å². The lowest BCUT2D eigenvalue weighted by Gasteiger charge is -2.17.